The van der Waals surface area contributed by atoms with Crippen molar-refractivity contribution in [3.63, 3.8) is 0 Å². The van der Waals surface area contributed by atoms with Crippen LogP contribution in [-0.4, -0.2) is 72.4 Å². The zero-order chi connectivity index (χ0) is 23.7. The van der Waals surface area contributed by atoms with E-state index in [0.29, 0.717) is 38.7 Å². The van der Waals surface area contributed by atoms with Gasteiger partial charge in [-0.1, -0.05) is 6.07 Å². The van der Waals surface area contributed by atoms with Crippen molar-refractivity contribution in [2.24, 2.45) is 5.92 Å². The number of hydrogen-bond donors (Lipinski definition) is 3. The maximum atomic E-state index is 14.7. The average Bonchev–Trinajstić information content (AvgIpc) is 3.56. The molecule has 178 valence electrons. The zero-order valence-electron chi connectivity index (χ0n) is 18.5. The van der Waals surface area contributed by atoms with E-state index in [1.807, 2.05) is 11.8 Å². The monoisotopic (exact) mass is 486 g/mol. The van der Waals surface area contributed by atoms with Crippen molar-refractivity contribution in [1.82, 2.24) is 45.6 Å². The number of hydrogen-bond acceptors (Lipinski definition) is 10. The standard InChI is InChI=1S/C20H23FN10O2S/c1-11(12-5-7-30(8-6-12)18(22)33-23-2)32-20-27-31-10-16(24-19(31)34-20)14-4-3-13(9-15(14)21)17-25-28-29-26-17/h3-4,9-12,22-23H,5-8H2,1-2H3,(H,25,26,28,29)/t11-/m1/s1. The number of fused-ring (bicyclic) bond motifs is 1. The van der Waals surface area contributed by atoms with Gasteiger partial charge >= 0.3 is 6.02 Å². The highest BCUT2D eigenvalue weighted by molar-refractivity contribution is 7.18. The average molecular weight is 487 g/mol. The molecule has 4 heterocycles. The van der Waals surface area contributed by atoms with Crippen molar-refractivity contribution < 1.29 is 14.0 Å². The Morgan fingerprint density at radius 1 is 1.35 bits per heavy atom. The van der Waals surface area contributed by atoms with Crippen LogP contribution in [0.4, 0.5) is 4.39 Å². The van der Waals surface area contributed by atoms with E-state index in [2.05, 4.69) is 36.2 Å². The van der Waals surface area contributed by atoms with Gasteiger partial charge < -0.3 is 14.5 Å². The first-order valence-corrected chi connectivity index (χ1v) is 11.6. The molecule has 0 unspecified atom stereocenters. The number of nitrogens with one attached hydrogen (secondary N) is 3. The number of nitrogens with zero attached hydrogens (tertiary/aromatic N) is 7. The third kappa shape index (κ3) is 4.41. The number of imidazole rings is 1. The Bertz CT molecular complexity index is 1250. The largest absolute Gasteiger partial charge is 0.466 e. The van der Waals surface area contributed by atoms with Gasteiger partial charge in [0.1, 0.15) is 11.9 Å². The highest BCUT2D eigenvalue weighted by Crippen LogP contribution is 2.31. The highest BCUT2D eigenvalue weighted by Gasteiger charge is 2.28. The maximum absolute atomic E-state index is 14.7. The van der Waals surface area contributed by atoms with Gasteiger partial charge in [-0.15, -0.1) is 10.2 Å². The molecule has 0 aliphatic carbocycles. The van der Waals surface area contributed by atoms with E-state index >= 15 is 0 Å². The van der Waals surface area contributed by atoms with Crippen molar-refractivity contribution in [3.8, 4) is 27.8 Å². The SMILES string of the molecule is CNOC(=N)N1CCC([C@@H](C)Oc2nn3cc(-c4ccc(-c5nnn[nH]5)cc4F)nc3s2)CC1. The topological polar surface area (TPSA) is 142 Å². The van der Waals surface area contributed by atoms with Crippen LogP contribution < -0.4 is 10.2 Å². The third-order valence-electron chi connectivity index (χ3n) is 5.86. The number of piperidine rings is 1. The van der Waals surface area contributed by atoms with E-state index in [9.17, 15) is 4.39 Å². The van der Waals surface area contributed by atoms with E-state index in [0.717, 1.165) is 25.9 Å². The molecule has 1 aliphatic heterocycles. The zero-order valence-corrected chi connectivity index (χ0v) is 19.3. The minimum absolute atomic E-state index is 0.0348. The summed E-state index contributed by atoms with van der Waals surface area (Å²) in [5.74, 6) is 0.311. The second-order valence-corrected chi connectivity index (χ2v) is 8.84. The molecule has 5 rings (SSSR count). The highest BCUT2D eigenvalue weighted by atomic mass is 32.1. The number of likely N-dealkylation sites (tertiary alicyclic amines) is 1. The Labute approximate surface area is 197 Å². The van der Waals surface area contributed by atoms with Crippen LogP contribution in [0, 0.1) is 17.1 Å². The van der Waals surface area contributed by atoms with Crippen LogP contribution in [-0.2, 0) is 4.84 Å². The fourth-order valence-corrected chi connectivity index (χ4v) is 4.82. The summed E-state index contributed by atoms with van der Waals surface area (Å²) in [5.41, 5.74) is 3.93. The third-order valence-corrected chi connectivity index (χ3v) is 6.68. The minimum atomic E-state index is -0.427. The quantitative estimate of drug-likeness (QED) is 0.213. The molecule has 0 spiro atoms. The molecule has 0 radical (unpaired) electrons. The molecule has 1 aromatic carbocycles. The molecule has 0 bridgehead atoms. The molecular formula is C20H23FN10O2S. The predicted octanol–water partition coefficient (Wildman–Crippen LogP) is 2.34. The Hall–Kier alpha value is -3.65. The summed E-state index contributed by atoms with van der Waals surface area (Å²) in [6.45, 7) is 3.51. The van der Waals surface area contributed by atoms with E-state index in [4.69, 9.17) is 15.0 Å². The van der Waals surface area contributed by atoms with Gasteiger partial charge in [0.25, 0.3) is 5.19 Å². The number of aromatic amines is 1. The van der Waals surface area contributed by atoms with Crippen LogP contribution in [0.1, 0.15) is 19.8 Å². The normalized spacial score (nSPS) is 15.6. The number of halogens is 1. The second kappa shape index (κ2) is 9.30. The molecule has 3 aromatic heterocycles. The smallest absolute Gasteiger partial charge is 0.304 e. The van der Waals surface area contributed by atoms with Gasteiger partial charge in [-0.25, -0.2) is 24.4 Å². The lowest BCUT2D eigenvalue weighted by atomic mass is 9.92. The molecule has 4 aromatic rings. The van der Waals surface area contributed by atoms with Crippen LogP contribution in [0.15, 0.2) is 24.4 Å². The number of benzene rings is 1. The van der Waals surface area contributed by atoms with Gasteiger partial charge in [0.05, 0.1) is 11.9 Å². The molecule has 34 heavy (non-hydrogen) atoms. The second-order valence-electron chi connectivity index (χ2n) is 7.92. The first-order valence-electron chi connectivity index (χ1n) is 10.8. The summed E-state index contributed by atoms with van der Waals surface area (Å²) in [4.78, 5) is 12.1. The van der Waals surface area contributed by atoms with E-state index < -0.39 is 5.82 Å². The van der Waals surface area contributed by atoms with Crippen molar-refractivity contribution in [2.75, 3.05) is 20.1 Å². The lowest BCUT2D eigenvalue weighted by molar-refractivity contribution is 0.0881. The molecule has 1 atom stereocenters. The Kier molecular flexibility index (Phi) is 6.06. The lowest BCUT2D eigenvalue weighted by Gasteiger charge is -2.34. The summed E-state index contributed by atoms with van der Waals surface area (Å²) in [6, 6.07) is 4.88. The van der Waals surface area contributed by atoms with E-state index in [-0.39, 0.29) is 12.1 Å². The molecule has 1 aliphatic rings. The van der Waals surface area contributed by atoms with Gasteiger partial charge in [0.2, 0.25) is 4.96 Å². The first kappa shape index (κ1) is 22.2. The van der Waals surface area contributed by atoms with Gasteiger partial charge in [-0.3, -0.25) is 0 Å². The molecule has 14 heteroatoms. The van der Waals surface area contributed by atoms with Gasteiger partial charge in [0.15, 0.2) is 5.82 Å². The van der Waals surface area contributed by atoms with Gasteiger partial charge in [0, 0.05) is 31.3 Å². The van der Waals surface area contributed by atoms with E-state index in [1.165, 1.54) is 17.4 Å². The summed E-state index contributed by atoms with van der Waals surface area (Å²) >= 11 is 1.32. The molecule has 3 N–H and O–H groups in total. The number of aromatic nitrogens is 7. The fourth-order valence-electron chi connectivity index (χ4n) is 4.00. The van der Waals surface area contributed by atoms with Crippen molar-refractivity contribution in [1.29, 1.82) is 5.41 Å². The molecule has 1 fully saturated rings. The van der Waals surface area contributed by atoms with Gasteiger partial charge in [-0.2, -0.15) is 5.48 Å². The maximum Gasteiger partial charge on any atom is 0.304 e. The van der Waals surface area contributed by atoms with Crippen LogP contribution in [0.5, 0.6) is 5.19 Å². The number of ether oxygens (including phenoxy) is 1. The molecule has 0 amide bonds. The first-order chi connectivity index (χ1) is 16.5. The van der Waals surface area contributed by atoms with E-state index in [1.54, 1.807) is 29.9 Å². The summed E-state index contributed by atoms with van der Waals surface area (Å²) < 4.78 is 22.4. The number of tetrazole rings is 1. The van der Waals surface area contributed by atoms with Crippen LogP contribution in [0.25, 0.3) is 27.6 Å². The van der Waals surface area contributed by atoms with Crippen molar-refractivity contribution in [3.05, 3.63) is 30.2 Å². The molecule has 1 saturated heterocycles. The van der Waals surface area contributed by atoms with Crippen molar-refractivity contribution >= 4 is 22.3 Å². The van der Waals surface area contributed by atoms with Crippen LogP contribution in [0.2, 0.25) is 0 Å². The Morgan fingerprint density at radius 3 is 2.85 bits per heavy atom. The number of amidine groups is 1. The summed E-state index contributed by atoms with van der Waals surface area (Å²) in [7, 11) is 1.63. The van der Waals surface area contributed by atoms with Gasteiger partial charge in [-0.05, 0) is 59.6 Å². The molecular weight excluding hydrogens is 463 g/mol. The van der Waals surface area contributed by atoms with Crippen LogP contribution in [0.3, 0.4) is 0 Å². The van der Waals surface area contributed by atoms with Crippen molar-refractivity contribution in [2.45, 2.75) is 25.9 Å². The van der Waals surface area contributed by atoms with Crippen LogP contribution >= 0.6 is 11.3 Å². The lowest BCUT2D eigenvalue weighted by Crippen LogP contribution is -2.43. The number of H-pyrrole nitrogens is 1. The fraction of sp³-hybridized carbons (Fsp3) is 0.400. The predicted molar refractivity (Wildman–Crippen MR) is 122 cm³/mol. The Morgan fingerprint density at radius 2 is 2.18 bits per heavy atom. The Balaban J connectivity index is 1.23. The minimum Gasteiger partial charge on any atom is -0.466 e. The number of rotatable bonds is 6. The summed E-state index contributed by atoms with van der Waals surface area (Å²) in [5, 5.41) is 26.3. The number of hydroxylamine groups is 1. The summed E-state index contributed by atoms with van der Waals surface area (Å²) in [6.07, 6.45) is 3.43. The molecule has 12 nitrogen and oxygen atoms in total. The molecule has 0 saturated carbocycles.